The third-order valence-corrected chi connectivity index (χ3v) is 7.85. The lowest BCUT2D eigenvalue weighted by atomic mass is 9.88. The molecule has 0 radical (unpaired) electrons. The van der Waals surface area contributed by atoms with Crippen LogP contribution in [0.2, 0.25) is 0 Å². The van der Waals surface area contributed by atoms with Crippen LogP contribution in [0.25, 0.3) is 10.9 Å². The number of halogens is 2. The molecule has 0 bridgehead atoms. The van der Waals surface area contributed by atoms with E-state index in [1.165, 1.54) is 11.1 Å². The van der Waals surface area contributed by atoms with Gasteiger partial charge in [0.2, 0.25) is 0 Å². The highest BCUT2D eigenvalue weighted by Gasteiger charge is 2.22. The van der Waals surface area contributed by atoms with E-state index in [4.69, 9.17) is 14.8 Å². The number of hydrogen-bond acceptors (Lipinski definition) is 5. The minimum absolute atomic E-state index is 0.167. The van der Waals surface area contributed by atoms with Crippen LogP contribution in [0.3, 0.4) is 0 Å². The van der Waals surface area contributed by atoms with Crippen molar-refractivity contribution in [1.29, 1.82) is 0 Å². The number of carbonyl (C=O) groups is 1. The second-order valence-corrected chi connectivity index (χ2v) is 11.0. The third-order valence-electron chi connectivity index (χ3n) is 6.68. The van der Waals surface area contributed by atoms with Crippen molar-refractivity contribution in [3.8, 4) is 5.75 Å². The Bertz CT molecular complexity index is 1550. The lowest BCUT2D eigenvalue weighted by molar-refractivity contribution is 0.0697. The number of fused-ring (bicyclic) bond motifs is 1. The second kappa shape index (κ2) is 11.6. The van der Waals surface area contributed by atoms with E-state index in [2.05, 4.69) is 37.0 Å². The topological polar surface area (TPSA) is 93.8 Å². The van der Waals surface area contributed by atoms with Gasteiger partial charge in [0.1, 0.15) is 18.2 Å². The second-order valence-electron chi connectivity index (χ2n) is 9.29. The Morgan fingerprint density at radius 3 is 2.42 bits per heavy atom. The van der Waals surface area contributed by atoms with Gasteiger partial charge in [-0.1, -0.05) is 43.5 Å². The molecular formula is C29H25Br2N3O4. The molecular weight excluding hydrogens is 614 g/mol. The van der Waals surface area contributed by atoms with Crippen LogP contribution in [0.1, 0.15) is 65.3 Å². The van der Waals surface area contributed by atoms with Gasteiger partial charge in [-0.15, -0.1) is 0 Å². The zero-order valence-electron chi connectivity index (χ0n) is 20.4. The molecule has 5 rings (SSSR count). The molecule has 194 valence electrons. The summed E-state index contributed by atoms with van der Waals surface area (Å²) in [6.07, 6.45) is 7.13. The van der Waals surface area contributed by atoms with Crippen LogP contribution in [0, 0.1) is 0 Å². The largest absolute Gasteiger partial charge is 0.487 e. The van der Waals surface area contributed by atoms with E-state index in [1.54, 1.807) is 36.5 Å². The van der Waals surface area contributed by atoms with Gasteiger partial charge < -0.3 is 9.84 Å². The van der Waals surface area contributed by atoms with Crippen molar-refractivity contribution >= 4 is 54.9 Å². The van der Waals surface area contributed by atoms with Crippen molar-refractivity contribution < 1.29 is 14.6 Å². The molecule has 1 saturated carbocycles. The van der Waals surface area contributed by atoms with Crippen LogP contribution in [-0.4, -0.2) is 27.0 Å². The SMILES string of the molecule is O=C(O)c1ccc(COc2c(Br)cc(C=Nn3c(C4CCCCC4)nc4ccccc4c3=O)cc2Br)cc1. The van der Waals surface area contributed by atoms with Crippen LogP contribution in [0.5, 0.6) is 5.75 Å². The van der Waals surface area contributed by atoms with Crippen molar-refractivity contribution in [3.63, 3.8) is 0 Å². The van der Waals surface area contributed by atoms with Gasteiger partial charge in [-0.05, 0) is 92.2 Å². The Hall–Kier alpha value is -3.30. The molecule has 0 saturated heterocycles. The maximum Gasteiger partial charge on any atom is 0.335 e. The standard InChI is InChI=1S/C29H25Br2N3O4/c30-23-14-19(15-24(31)26(23)38-17-18-10-12-21(13-11-18)29(36)37)16-32-34-27(20-6-2-1-3-7-20)33-25-9-5-4-8-22(25)28(34)35/h4-5,8-16,20H,1-3,6-7,17H2,(H,36,37). The molecule has 1 aromatic heterocycles. The molecule has 0 unspecified atom stereocenters. The van der Waals surface area contributed by atoms with Crippen LogP contribution in [0.4, 0.5) is 0 Å². The number of carboxylic acids is 1. The highest BCUT2D eigenvalue weighted by molar-refractivity contribution is 9.11. The predicted octanol–water partition coefficient (Wildman–Crippen LogP) is 7.13. The Balaban J connectivity index is 1.41. The Labute approximate surface area is 236 Å². The van der Waals surface area contributed by atoms with Crippen LogP contribution in [-0.2, 0) is 6.61 Å². The van der Waals surface area contributed by atoms with Crippen molar-refractivity contribution in [2.75, 3.05) is 0 Å². The zero-order chi connectivity index (χ0) is 26.6. The average molecular weight is 639 g/mol. The highest BCUT2D eigenvalue weighted by atomic mass is 79.9. The zero-order valence-corrected chi connectivity index (χ0v) is 23.6. The number of carboxylic acid groups (broad SMARTS) is 1. The van der Waals surface area contributed by atoms with E-state index >= 15 is 0 Å². The number of para-hydroxylation sites is 1. The van der Waals surface area contributed by atoms with Crippen LogP contribution < -0.4 is 10.3 Å². The van der Waals surface area contributed by atoms with E-state index in [0.29, 0.717) is 25.6 Å². The summed E-state index contributed by atoms with van der Waals surface area (Å²) in [6.45, 7) is 0.271. The summed E-state index contributed by atoms with van der Waals surface area (Å²) in [5, 5.41) is 14.2. The smallest absolute Gasteiger partial charge is 0.335 e. The summed E-state index contributed by atoms with van der Waals surface area (Å²) < 4.78 is 8.88. The minimum Gasteiger partial charge on any atom is -0.487 e. The number of nitrogens with zero attached hydrogens (tertiary/aromatic N) is 3. The maximum absolute atomic E-state index is 13.4. The Morgan fingerprint density at radius 2 is 1.74 bits per heavy atom. The molecule has 0 atom stereocenters. The molecule has 1 heterocycles. The molecule has 38 heavy (non-hydrogen) atoms. The molecule has 1 N–H and O–H groups in total. The van der Waals surface area contributed by atoms with E-state index in [1.807, 2.05) is 30.3 Å². The molecule has 1 aliphatic rings. The molecule has 7 nitrogen and oxygen atoms in total. The molecule has 4 aromatic rings. The van der Waals surface area contributed by atoms with Gasteiger partial charge in [0.25, 0.3) is 5.56 Å². The molecule has 1 aliphatic carbocycles. The summed E-state index contributed by atoms with van der Waals surface area (Å²) in [5.74, 6) is 0.568. The number of rotatable bonds is 7. The first-order valence-corrected chi connectivity index (χ1v) is 14.0. The summed E-state index contributed by atoms with van der Waals surface area (Å²) in [7, 11) is 0. The maximum atomic E-state index is 13.4. The fraction of sp³-hybridized carbons (Fsp3) is 0.241. The van der Waals surface area contributed by atoms with Gasteiger partial charge >= 0.3 is 5.97 Å². The first-order chi connectivity index (χ1) is 18.4. The summed E-state index contributed by atoms with van der Waals surface area (Å²) >= 11 is 7.15. The molecule has 9 heteroatoms. The Morgan fingerprint density at radius 1 is 1.05 bits per heavy atom. The molecule has 0 amide bonds. The summed E-state index contributed by atoms with van der Waals surface area (Å²) in [4.78, 5) is 29.3. The highest BCUT2D eigenvalue weighted by Crippen LogP contribution is 2.35. The fourth-order valence-corrected chi connectivity index (χ4v) is 6.14. The summed E-state index contributed by atoms with van der Waals surface area (Å²) in [6, 6.07) is 17.7. The quantitative estimate of drug-likeness (QED) is 0.217. The van der Waals surface area contributed by atoms with Crippen LogP contribution in [0.15, 0.2) is 79.5 Å². The summed E-state index contributed by atoms with van der Waals surface area (Å²) in [5.41, 5.74) is 2.38. The first kappa shape index (κ1) is 26.3. The fourth-order valence-electron chi connectivity index (χ4n) is 4.69. The average Bonchev–Trinajstić information content (AvgIpc) is 2.93. The van der Waals surface area contributed by atoms with Gasteiger partial charge in [0.15, 0.2) is 0 Å². The normalized spacial score (nSPS) is 14.3. The van der Waals surface area contributed by atoms with Crippen molar-refractivity contribution in [2.24, 2.45) is 5.10 Å². The van der Waals surface area contributed by atoms with Gasteiger partial charge in [-0.2, -0.15) is 9.78 Å². The van der Waals surface area contributed by atoms with Crippen LogP contribution >= 0.6 is 31.9 Å². The number of benzene rings is 3. The van der Waals surface area contributed by atoms with Gasteiger partial charge in [0, 0.05) is 5.92 Å². The van der Waals surface area contributed by atoms with Crippen molar-refractivity contribution in [2.45, 2.75) is 44.6 Å². The van der Waals surface area contributed by atoms with Crippen molar-refractivity contribution in [3.05, 3.63) is 102 Å². The van der Waals surface area contributed by atoms with E-state index < -0.39 is 5.97 Å². The number of aromatic nitrogens is 2. The van der Waals surface area contributed by atoms with Crippen molar-refractivity contribution in [1.82, 2.24) is 9.66 Å². The molecule has 1 fully saturated rings. The number of aromatic carboxylic acids is 1. The van der Waals surface area contributed by atoms with E-state index in [9.17, 15) is 9.59 Å². The lowest BCUT2D eigenvalue weighted by Crippen LogP contribution is -2.25. The number of hydrogen-bond donors (Lipinski definition) is 1. The molecule has 3 aromatic carbocycles. The van der Waals surface area contributed by atoms with E-state index in [-0.39, 0.29) is 23.6 Å². The van der Waals surface area contributed by atoms with Gasteiger partial charge in [-0.3, -0.25) is 4.79 Å². The minimum atomic E-state index is -0.965. The molecule has 0 aliphatic heterocycles. The molecule has 0 spiro atoms. The monoisotopic (exact) mass is 637 g/mol. The van der Waals surface area contributed by atoms with E-state index in [0.717, 1.165) is 42.6 Å². The Kier molecular flexibility index (Phi) is 8.04. The third kappa shape index (κ3) is 5.73. The number of ether oxygens (including phenoxy) is 1. The van der Waals surface area contributed by atoms with Gasteiger partial charge in [-0.25, -0.2) is 9.78 Å². The predicted molar refractivity (Wildman–Crippen MR) is 154 cm³/mol. The van der Waals surface area contributed by atoms with Gasteiger partial charge in [0.05, 0.1) is 31.6 Å². The lowest BCUT2D eigenvalue weighted by Gasteiger charge is -2.22. The first-order valence-electron chi connectivity index (χ1n) is 12.4.